The van der Waals surface area contributed by atoms with Crippen molar-refractivity contribution < 1.29 is 14.7 Å². The summed E-state index contributed by atoms with van der Waals surface area (Å²) in [5, 5.41) is 9.00. The second-order valence-electron chi connectivity index (χ2n) is 4.10. The Morgan fingerprint density at radius 1 is 1.00 bits per heavy atom. The van der Waals surface area contributed by atoms with Crippen LogP contribution in [0.2, 0.25) is 0 Å². The van der Waals surface area contributed by atoms with Crippen LogP contribution >= 0.6 is 15.9 Å². The van der Waals surface area contributed by atoms with Crippen molar-refractivity contribution in [2.45, 2.75) is 0 Å². The molecule has 0 aromatic heterocycles. The van der Waals surface area contributed by atoms with Gasteiger partial charge in [0.15, 0.2) is 0 Å². The van der Waals surface area contributed by atoms with E-state index in [2.05, 4.69) is 15.9 Å². The van der Waals surface area contributed by atoms with Crippen LogP contribution in [0.1, 0.15) is 10.4 Å². The van der Waals surface area contributed by atoms with Gasteiger partial charge in [0.2, 0.25) is 0 Å². The van der Waals surface area contributed by atoms with Crippen LogP contribution in [0.15, 0.2) is 59.1 Å². The van der Waals surface area contributed by atoms with E-state index in [0.717, 1.165) is 0 Å². The van der Waals surface area contributed by atoms with Gasteiger partial charge in [-0.25, -0.2) is 0 Å². The number of benzene rings is 2. The highest BCUT2D eigenvalue weighted by molar-refractivity contribution is 9.10. The molecule has 2 aromatic rings. The number of hydrogen-bond acceptors (Lipinski definition) is 2. The number of carboxylic acid groups (broad SMARTS) is 1. The lowest BCUT2D eigenvalue weighted by Crippen LogP contribution is -2.35. The normalized spacial score (nSPS) is 10.1. The van der Waals surface area contributed by atoms with Crippen LogP contribution in [0.5, 0.6) is 0 Å². The van der Waals surface area contributed by atoms with Crippen molar-refractivity contribution in [3.05, 3.63) is 64.6 Å². The minimum atomic E-state index is -1.06. The van der Waals surface area contributed by atoms with Gasteiger partial charge in [-0.3, -0.25) is 14.5 Å². The van der Waals surface area contributed by atoms with E-state index in [1.54, 1.807) is 48.5 Å². The Kier molecular flexibility index (Phi) is 4.53. The summed E-state index contributed by atoms with van der Waals surface area (Å²) in [4.78, 5) is 24.8. The number of aliphatic carboxylic acids is 1. The zero-order valence-corrected chi connectivity index (χ0v) is 12.1. The van der Waals surface area contributed by atoms with E-state index >= 15 is 0 Å². The molecular formula is C15H12BrNO3. The van der Waals surface area contributed by atoms with Crippen LogP contribution in [0.3, 0.4) is 0 Å². The zero-order valence-electron chi connectivity index (χ0n) is 10.5. The molecule has 5 heteroatoms. The van der Waals surface area contributed by atoms with Crippen molar-refractivity contribution in [3.8, 4) is 0 Å². The minimum Gasteiger partial charge on any atom is -0.480 e. The number of carbonyl (C=O) groups is 2. The summed E-state index contributed by atoms with van der Waals surface area (Å²) in [7, 11) is 0. The second kappa shape index (κ2) is 6.34. The van der Waals surface area contributed by atoms with Crippen molar-refractivity contribution >= 4 is 33.5 Å². The first-order valence-corrected chi connectivity index (χ1v) is 6.72. The molecule has 0 radical (unpaired) electrons. The lowest BCUT2D eigenvalue weighted by atomic mass is 10.2. The lowest BCUT2D eigenvalue weighted by Gasteiger charge is -2.21. The highest BCUT2D eigenvalue weighted by Gasteiger charge is 2.21. The SMILES string of the molecule is O=C(O)CN(C(=O)c1ccccc1Br)c1ccccc1. The average Bonchev–Trinajstić information content (AvgIpc) is 2.45. The van der Waals surface area contributed by atoms with E-state index in [4.69, 9.17) is 5.11 Å². The number of rotatable bonds is 4. The van der Waals surface area contributed by atoms with Gasteiger partial charge in [-0.1, -0.05) is 30.3 Å². The number of para-hydroxylation sites is 1. The Morgan fingerprint density at radius 3 is 2.20 bits per heavy atom. The fraction of sp³-hybridized carbons (Fsp3) is 0.0667. The summed E-state index contributed by atoms with van der Waals surface area (Å²) in [6.45, 7) is -0.385. The van der Waals surface area contributed by atoms with Crippen LogP contribution in [0.25, 0.3) is 0 Å². The molecule has 0 aliphatic carbocycles. The molecule has 0 heterocycles. The molecule has 0 unspecified atom stereocenters. The van der Waals surface area contributed by atoms with Gasteiger partial charge in [0.1, 0.15) is 6.54 Å². The van der Waals surface area contributed by atoms with Gasteiger partial charge in [0.25, 0.3) is 5.91 Å². The number of carboxylic acids is 1. The molecule has 2 aromatic carbocycles. The van der Waals surface area contributed by atoms with Gasteiger partial charge >= 0.3 is 5.97 Å². The summed E-state index contributed by atoms with van der Waals surface area (Å²) in [6.07, 6.45) is 0. The average molecular weight is 334 g/mol. The fourth-order valence-corrected chi connectivity index (χ4v) is 2.26. The Morgan fingerprint density at radius 2 is 1.60 bits per heavy atom. The highest BCUT2D eigenvalue weighted by atomic mass is 79.9. The Bertz CT molecular complexity index is 628. The largest absolute Gasteiger partial charge is 0.480 e. The smallest absolute Gasteiger partial charge is 0.323 e. The second-order valence-corrected chi connectivity index (χ2v) is 4.95. The molecule has 1 amide bonds. The topological polar surface area (TPSA) is 57.6 Å². The highest BCUT2D eigenvalue weighted by Crippen LogP contribution is 2.21. The predicted molar refractivity (Wildman–Crippen MR) is 79.9 cm³/mol. The van der Waals surface area contributed by atoms with E-state index in [0.29, 0.717) is 15.7 Å². The van der Waals surface area contributed by atoms with Gasteiger partial charge < -0.3 is 5.11 Å². The Labute approximate surface area is 124 Å². The third-order valence-electron chi connectivity index (χ3n) is 2.71. The first-order valence-electron chi connectivity index (χ1n) is 5.93. The van der Waals surface area contributed by atoms with Crippen molar-refractivity contribution in [2.24, 2.45) is 0 Å². The van der Waals surface area contributed by atoms with E-state index < -0.39 is 5.97 Å². The van der Waals surface area contributed by atoms with Crippen molar-refractivity contribution in [2.75, 3.05) is 11.4 Å². The number of nitrogens with zero attached hydrogens (tertiary/aromatic N) is 1. The summed E-state index contributed by atoms with van der Waals surface area (Å²) in [6, 6.07) is 15.7. The molecule has 0 spiro atoms. The molecule has 1 N–H and O–H groups in total. The monoisotopic (exact) mass is 333 g/mol. The lowest BCUT2D eigenvalue weighted by molar-refractivity contribution is -0.135. The van der Waals surface area contributed by atoms with Gasteiger partial charge in [-0.2, -0.15) is 0 Å². The first kappa shape index (κ1) is 14.3. The first-order chi connectivity index (χ1) is 9.59. The van der Waals surface area contributed by atoms with Gasteiger partial charge in [0.05, 0.1) is 5.56 Å². The van der Waals surface area contributed by atoms with Gasteiger partial charge in [-0.15, -0.1) is 0 Å². The molecule has 0 aliphatic heterocycles. The summed E-state index contributed by atoms with van der Waals surface area (Å²) in [5.74, 6) is -1.42. The molecule has 0 saturated heterocycles. The van der Waals surface area contributed by atoms with Crippen LogP contribution in [0.4, 0.5) is 5.69 Å². The summed E-state index contributed by atoms with van der Waals surface area (Å²) >= 11 is 3.31. The van der Waals surface area contributed by atoms with E-state index in [1.807, 2.05) is 6.07 Å². The van der Waals surface area contributed by atoms with Crippen LogP contribution in [0, 0.1) is 0 Å². The number of hydrogen-bond donors (Lipinski definition) is 1. The number of halogens is 1. The summed E-state index contributed by atoms with van der Waals surface area (Å²) < 4.78 is 0.635. The maximum Gasteiger partial charge on any atom is 0.323 e. The molecule has 20 heavy (non-hydrogen) atoms. The predicted octanol–water partition coefficient (Wildman–Crippen LogP) is 3.18. The molecule has 2 rings (SSSR count). The van der Waals surface area contributed by atoms with Gasteiger partial charge in [0, 0.05) is 10.2 Å². The fourth-order valence-electron chi connectivity index (χ4n) is 1.80. The molecule has 0 fully saturated rings. The molecule has 0 aliphatic rings. The van der Waals surface area contributed by atoms with Gasteiger partial charge in [-0.05, 0) is 40.2 Å². The minimum absolute atomic E-state index is 0.355. The standard InChI is InChI=1S/C15H12BrNO3/c16-13-9-5-4-8-12(13)15(20)17(10-14(18)19)11-6-2-1-3-7-11/h1-9H,10H2,(H,18,19). The zero-order chi connectivity index (χ0) is 14.5. The quantitative estimate of drug-likeness (QED) is 0.934. The maximum absolute atomic E-state index is 12.5. The maximum atomic E-state index is 12.5. The molecule has 0 saturated carbocycles. The van der Waals surface area contributed by atoms with E-state index in [-0.39, 0.29) is 12.5 Å². The number of carbonyl (C=O) groups excluding carboxylic acids is 1. The van der Waals surface area contributed by atoms with E-state index in [1.165, 1.54) is 4.90 Å². The molecule has 4 nitrogen and oxygen atoms in total. The third kappa shape index (κ3) is 3.24. The molecule has 102 valence electrons. The Hall–Kier alpha value is -2.14. The van der Waals surface area contributed by atoms with E-state index in [9.17, 15) is 9.59 Å². The third-order valence-corrected chi connectivity index (χ3v) is 3.40. The van der Waals surface area contributed by atoms with Crippen LogP contribution in [-0.4, -0.2) is 23.5 Å². The summed E-state index contributed by atoms with van der Waals surface area (Å²) in [5.41, 5.74) is 0.980. The number of anilines is 1. The number of amides is 1. The van der Waals surface area contributed by atoms with Crippen molar-refractivity contribution in [1.82, 2.24) is 0 Å². The molecule has 0 bridgehead atoms. The van der Waals surface area contributed by atoms with Crippen molar-refractivity contribution in [1.29, 1.82) is 0 Å². The van der Waals surface area contributed by atoms with Crippen molar-refractivity contribution in [3.63, 3.8) is 0 Å². The molecular weight excluding hydrogens is 322 g/mol. The molecule has 0 atom stereocenters. The van der Waals surface area contributed by atoms with Crippen LogP contribution in [-0.2, 0) is 4.79 Å². The Balaban J connectivity index is 2.40. The van der Waals surface area contributed by atoms with Crippen LogP contribution < -0.4 is 4.90 Å².